The number of nitrogens with zero attached hydrogens (tertiary/aromatic N) is 1. The minimum Gasteiger partial charge on any atom is -0.355 e. The van der Waals surface area contributed by atoms with Gasteiger partial charge < -0.3 is 10.2 Å². The van der Waals surface area contributed by atoms with Gasteiger partial charge in [0, 0.05) is 43.3 Å². The zero-order chi connectivity index (χ0) is 18.2. The molecule has 0 aromatic heterocycles. The van der Waals surface area contributed by atoms with Crippen LogP contribution in [0.5, 0.6) is 0 Å². The standard InChI is InChI=1S/C20H24N2O2S/c1-15-4-10-18(11-5-15)25-13-12-19(23)22(3)14-16-6-8-17(9-7-16)20(24)21-2/h4-11H,12-14H2,1-3H3,(H,21,24). The summed E-state index contributed by atoms with van der Waals surface area (Å²) in [6, 6.07) is 15.7. The van der Waals surface area contributed by atoms with Crippen LogP contribution in [0.4, 0.5) is 0 Å². The Morgan fingerprint density at radius 3 is 2.28 bits per heavy atom. The second-order valence-corrected chi connectivity index (χ2v) is 7.11. The number of hydrogen-bond donors (Lipinski definition) is 1. The number of aryl methyl sites for hydroxylation is 1. The topological polar surface area (TPSA) is 49.4 Å². The van der Waals surface area contributed by atoms with Gasteiger partial charge in [0.15, 0.2) is 0 Å². The Balaban J connectivity index is 1.79. The molecule has 132 valence electrons. The molecule has 4 nitrogen and oxygen atoms in total. The number of amides is 2. The fourth-order valence-electron chi connectivity index (χ4n) is 2.35. The lowest BCUT2D eigenvalue weighted by molar-refractivity contribution is -0.129. The lowest BCUT2D eigenvalue weighted by Gasteiger charge is -2.17. The number of carbonyl (C=O) groups excluding carboxylic acids is 2. The van der Waals surface area contributed by atoms with Gasteiger partial charge in [0.05, 0.1) is 0 Å². The van der Waals surface area contributed by atoms with Crippen molar-refractivity contribution in [3.8, 4) is 0 Å². The van der Waals surface area contributed by atoms with Gasteiger partial charge in [-0.25, -0.2) is 0 Å². The fourth-order valence-corrected chi connectivity index (χ4v) is 3.19. The molecule has 0 heterocycles. The van der Waals surface area contributed by atoms with Crippen LogP contribution in [0.25, 0.3) is 0 Å². The Hall–Kier alpha value is -2.27. The Kier molecular flexibility index (Phi) is 7.07. The molecule has 0 fully saturated rings. The van der Waals surface area contributed by atoms with Crippen molar-refractivity contribution in [2.24, 2.45) is 0 Å². The third-order valence-electron chi connectivity index (χ3n) is 3.89. The van der Waals surface area contributed by atoms with Crippen LogP contribution < -0.4 is 5.32 Å². The third-order valence-corrected chi connectivity index (χ3v) is 4.91. The largest absolute Gasteiger partial charge is 0.355 e. The summed E-state index contributed by atoms with van der Waals surface area (Å²) in [5.41, 5.74) is 2.87. The first-order chi connectivity index (χ1) is 12.0. The molecule has 0 aliphatic heterocycles. The van der Waals surface area contributed by atoms with E-state index >= 15 is 0 Å². The Morgan fingerprint density at radius 1 is 1.04 bits per heavy atom. The van der Waals surface area contributed by atoms with Crippen molar-refractivity contribution in [3.63, 3.8) is 0 Å². The molecule has 2 amide bonds. The van der Waals surface area contributed by atoms with Gasteiger partial charge in [0.2, 0.25) is 5.91 Å². The highest BCUT2D eigenvalue weighted by Gasteiger charge is 2.10. The van der Waals surface area contributed by atoms with Gasteiger partial charge in [-0.05, 0) is 36.8 Å². The van der Waals surface area contributed by atoms with Gasteiger partial charge in [0.1, 0.15) is 0 Å². The minimum absolute atomic E-state index is 0.107. The third kappa shape index (κ3) is 5.94. The van der Waals surface area contributed by atoms with Crippen molar-refractivity contribution in [3.05, 3.63) is 65.2 Å². The zero-order valence-electron chi connectivity index (χ0n) is 14.9. The molecule has 5 heteroatoms. The molecular weight excluding hydrogens is 332 g/mol. The van der Waals surface area contributed by atoms with Crippen molar-refractivity contribution >= 4 is 23.6 Å². The molecule has 0 aliphatic rings. The van der Waals surface area contributed by atoms with Crippen molar-refractivity contribution < 1.29 is 9.59 Å². The molecule has 0 spiro atoms. The molecule has 0 bridgehead atoms. The van der Waals surface area contributed by atoms with Crippen LogP contribution in [0.2, 0.25) is 0 Å². The summed E-state index contributed by atoms with van der Waals surface area (Å²) >= 11 is 1.70. The maximum absolute atomic E-state index is 12.3. The number of nitrogens with one attached hydrogen (secondary N) is 1. The average Bonchev–Trinajstić information content (AvgIpc) is 2.63. The molecule has 2 rings (SSSR count). The Bertz CT molecular complexity index is 711. The summed E-state index contributed by atoms with van der Waals surface area (Å²) in [7, 11) is 3.42. The van der Waals surface area contributed by atoms with Crippen LogP contribution >= 0.6 is 11.8 Å². The number of carbonyl (C=O) groups is 2. The van der Waals surface area contributed by atoms with Crippen LogP contribution in [-0.4, -0.2) is 36.6 Å². The molecule has 0 atom stereocenters. The van der Waals surface area contributed by atoms with Crippen LogP contribution in [-0.2, 0) is 11.3 Å². The average molecular weight is 356 g/mol. The first-order valence-electron chi connectivity index (χ1n) is 8.24. The fraction of sp³-hybridized carbons (Fsp3) is 0.300. The maximum Gasteiger partial charge on any atom is 0.251 e. The molecule has 2 aromatic carbocycles. The van der Waals surface area contributed by atoms with E-state index in [9.17, 15) is 9.59 Å². The minimum atomic E-state index is -0.107. The molecule has 25 heavy (non-hydrogen) atoms. The van der Waals surface area contributed by atoms with Crippen LogP contribution in [0.3, 0.4) is 0 Å². The molecule has 0 radical (unpaired) electrons. The van der Waals surface area contributed by atoms with Gasteiger partial charge in [-0.15, -0.1) is 11.8 Å². The maximum atomic E-state index is 12.3. The summed E-state index contributed by atoms with van der Waals surface area (Å²) in [5, 5.41) is 2.59. The first-order valence-corrected chi connectivity index (χ1v) is 9.22. The first kappa shape index (κ1) is 19.1. The van der Waals surface area contributed by atoms with Crippen molar-refractivity contribution in [2.75, 3.05) is 19.8 Å². The van der Waals surface area contributed by atoms with Gasteiger partial charge in [-0.1, -0.05) is 29.8 Å². The number of benzene rings is 2. The lowest BCUT2D eigenvalue weighted by atomic mass is 10.1. The number of hydrogen-bond acceptors (Lipinski definition) is 3. The van der Waals surface area contributed by atoms with Crippen molar-refractivity contribution in [1.29, 1.82) is 0 Å². The van der Waals surface area contributed by atoms with E-state index < -0.39 is 0 Å². The summed E-state index contributed by atoms with van der Waals surface area (Å²) in [5.74, 6) is 0.779. The normalized spacial score (nSPS) is 10.4. The van der Waals surface area contributed by atoms with Crippen molar-refractivity contribution in [1.82, 2.24) is 10.2 Å². The molecular formula is C20H24N2O2S. The van der Waals surface area contributed by atoms with Crippen LogP contribution in [0, 0.1) is 6.92 Å². The van der Waals surface area contributed by atoms with E-state index in [1.165, 1.54) is 10.5 Å². The van der Waals surface area contributed by atoms with Crippen molar-refractivity contribution in [2.45, 2.75) is 24.8 Å². The predicted molar refractivity (Wildman–Crippen MR) is 103 cm³/mol. The monoisotopic (exact) mass is 356 g/mol. The highest BCUT2D eigenvalue weighted by atomic mass is 32.2. The molecule has 0 aliphatic carbocycles. The van der Waals surface area contributed by atoms with Crippen LogP contribution in [0.15, 0.2) is 53.4 Å². The van der Waals surface area contributed by atoms with Gasteiger partial charge in [0.25, 0.3) is 5.91 Å². The second-order valence-electron chi connectivity index (χ2n) is 5.94. The van der Waals surface area contributed by atoms with E-state index in [4.69, 9.17) is 0 Å². The summed E-state index contributed by atoms with van der Waals surface area (Å²) < 4.78 is 0. The van der Waals surface area contributed by atoms with Gasteiger partial charge in [-0.3, -0.25) is 9.59 Å². The number of rotatable bonds is 7. The molecule has 0 saturated carbocycles. The van der Waals surface area contributed by atoms with E-state index in [0.29, 0.717) is 18.5 Å². The Labute approximate surface area is 153 Å². The number of thioether (sulfide) groups is 1. The molecule has 0 saturated heterocycles. The summed E-state index contributed by atoms with van der Waals surface area (Å²) in [6.07, 6.45) is 0.505. The van der Waals surface area contributed by atoms with Gasteiger partial charge >= 0.3 is 0 Å². The SMILES string of the molecule is CNC(=O)c1ccc(CN(C)C(=O)CCSc2ccc(C)cc2)cc1. The zero-order valence-corrected chi connectivity index (χ0v) is 15.7. The van der Waals surface area contributed by atoms with E-state index in [1.54, 1.807) is 35.8 Å². The predicted octanol–water partition coefficient (Wildman–Crippen LogP) is 3.50. The molecule has 2 aromatic rings. The van der Waals surface area contributed by atoms with Crippen LogP contribution in [0.1, 0.15) is 27.9 Å². The van der Waals surface area contributed by atoms with Gasteiger partial charge in [-0.2, -0.15) is 0 Å². The second kappa shape index (κ2) is 9.28. The molecule has 0 unspecified atom stereocenters. The van der Waals surface area contributed by atoms with E-state index in [2.05, 4.69) is 36.5 Å². The highest BCUT2D eigenvalue weighted by molar-refractivity contribution is 7.99. The quantitative estimate of drug-likeness (QED) is 0.773. The summed E-state index contributed by atoms with van der Waals surface area (Å²) in [6.45, 7) is 2.61. The van der Waals surface area contributed by atoms with E-state index in [-0.39, 0.29) is 11.8 Å². The lowest BCUT2D eigenvalue weighted by Crippen LogP contribution is -2.26. The highest BCUT2D eigenvalue weighted by Crippen LogP contribution is 2.19. The summed E-state index contributed by atoms with van der Waals surface area (Å²) in [4.78, 5) is 26.7. The van der Waals surface area contributed by atoms with E-state index in [0.717, 1.165) is 11.3 Å². The Morgan fingerprint density at radius 2 is 1.68 bits per heavy atom. The molecule has 1 N–H and O–H groups in total. The smallest absolute Gasteiger partial charge is 0.251 e. The van der Waals surface area contributed by atoms with E-state index in [1.807, 2.05) is 19.2 Å².